The van der Waals surface area contributed by atoms with Crippen molar-refractivity contribution < 1.29 is 17.9 Å². The Morgan fingerprint density at radius 1 is 1.23 bits per heavy atom. The van der Waals surface area contributed by atoms with E-state index in [0.29, 0.717) is 34.0 Å². The number of hydrogen-bond acceptors (Lipinski definition) is 4. The van der Waals surface area contributed by atoms with Gasteiger partial charge in [-0.05, 0) is 36.4 Å². The zero-order chi connectivity index (χ0) is 15.7. The highest BCUT2D eigenvalue weighted by Gasteiger charge is 2.26. The SMILES string of the molecule is CCP(=O)(OC)c1cccc2oc(-c3ccc(F)cc3)nc12. The van der Waals surface area contributed by atoms with Crippen LogP contribution in [0.5, 0.6) is 0 Å². The Morgan fingerprint density at radius 2 is 1.95 bits per heavy atom. The summed E-state index contributed by atoms with van der Waals surface area (Å²) in [4.78, 5) is 4.43. The summed E-state index contributed by atoms with van der Waals surface area (Å²) in [6.07, 6.45) is 0.376. The van der Waals surface area contributed by atoms with Crippen LogP contribution in [0, 0.1) is 5.82 Å². The fourth-order valence-electron chi connectivity index (χ4n) is 2.32. The van der Waals surface area contributed by atoms with Gasteiger partial charge in [0.2, 0.25) is 13.3 Å². The summed E-state index contributed by atoms with van der Waals surface area (Å²) < 4.78 is 36.8. The average molecular weight is 319 g/mol. The minimum atomic E-state index is -2.95. The number of halogens is 1. The molecule has 1 unspecified atom stereocenters. The molecule has 0 spiro atoms. The normalized spacial score (nSPS) is 14.1. The fourth-order valence-corrected chi connectivity index (χ4v) is 3.91. The van der Waals surface area contributed by atoms with Crippen molar-refractivity contribution >= 4 is 23.8 Å². The molecule has 6 heteroatoms. The molecule has 3 rings (SSSR count). The first-order chi connectivity index (χ1) is 10.6. The zero-order valence-corrected chi connectivity index (χ0v) is 13.1. The van der Waals surface area contributed by atoms with Gasteiger partial charge in [0, 0.05) is 18.8 Å². The number of benzene rings is 2. The highest BCUT2D eigenvalue weighted by Crippen LogP contribution is 2.46. The highest BCUT2D eigenvalue weighted by atomic mass is 31.2. The molecule has 0 radical (unpaired) electrons. The van der Waals surface area contributed by atoms with Gasteiger partial charge in [-0.1, -0.05) is 13.0 Å². The molecular formula is C16H15FNO3P. The Hall–Kier alpha value is -1.97. The van der Waals surface area contributed by atoms with E-state index in [1.807, 2.05) is 6.92 Å². The Kier molecular flexibility index (Phi) is 3.85. The first kappa shape index (κ1) is 14.9. The predicted molar refractivity (Wildman–Crippen MR) is 84.2 cm³/mol. The number of rotatable bonds is 4. The molecule has 0 aliphatic rings. The first-order valence-corrected chi connectivity index (χ1v) is 8.69. The van der Waals surface area contributed by atoms with E-state index in [9.17, 15) is 8.96 Å². The van der Waals surface area contributed by atoms with E-state index in [0.717, 1.165) is 0 Å². The molecule has 3 aromatic rings. The van der Waals surface area contributed by atoms with E-state index < -0.39 is 7.37 Å². The lowest BCUT2D eigenvalue weighted by atomic mass is 10.2. The van der Waals surface area contributed by atoms with E-state index in [-0.39, 0.29) is 5.82 Å². The van der Waals surface area contributed by atoms with Crippen LogP contribution in [0.1, 0.15) is 6.92 Å². The third-order valence-electron chi connectivity index (χ3n) is 3.57. The van der Waals surface area contributed by atoms with Gasteiger partial charge in [0.15, 0.2) is 5.58 Å². The van der Waals surface area contributed by atoms with E-state index >= 15 is 0 Å². The van der Waals surface area contributed by atoms with Gasteiger partial charge in [-0.3, -0.25) is 4.57 Å². The molecule has 0 aliphatic carbocycles. The van der Waals surface area contributed by atoms with Crippen LogP contribution in [-0.2, 0) is 9.09 Å². The molecule has 114 valence electrons. The summed E-state index contributed by atoms with van der Waals surface area (Å²) in [5.41, 5.74) is 1.71. The molecule has 0 fully saturated rings. The number of hydrogen-bond donors (Lipinski definition) is 0. The maximum atomic E-state index is 13.0. The highest BCUT2D eigenvalue weighted by molar-refractivity contribution is 7.67. The summed E-state index contributed by atoms with van der Waals surface area (Å²) >= 11 is 0. The summed E-state index contributed by atoms with van der Waals surface area (Å²) in [6.45, 7) is 1.81. The third kappa shape index (κ3) is 2.47. The quantitative estimate of drug-likeness (QED) is 0.676. The van der Waals surface area contributed by atoms with Crippen molar-refractivity contribution in [3.05, 3.63) is 48.3 Å². The lowest BCUT2D eigenvalue weighted by Crippen LogP contribution is -2.09. The monoisotopic (exact) mass is 319 g/mol. The molecule has 0 amide bonds. The zero-order valence-electron chi connectivity index (χ0n) is 12.2. The van der Waals surface area contributed by atoms with Crippen molar-refractivity contribution in [2.75, 3.05) is 13.3 Å². The number of nitrogens with zero attached hydrogens (tertiary/aromatic N) is 1. The summed E-state index contributed by atoms with van der Waals surface area (Å²) in [7, 11) is -1.51. The Balaban J connectivity index is 2.18. The van der Waals surface area contributed by atoms with Crippen molar-refractivity contribution in [1.82, 2.24) is 4.98 Å². The largest absolute Gasteiger partial charge is 0.436 e. The van der Waals surface area contributed by atoms with Gasteiger partial charge in [0.1, 0.15) is 11.3 Å². The topological polar surface area (TPSA) is 52.3 Å². The molecule has 2 aromatic carbocycles. The second-order valence-corrected chi connectivity index (χ2v) is 7.65. The second kappa shape index (κ2) is 5.67. The van der Waals surface area contributed by atoms with Gasteiger partial charge in [0.05, 0.1) is 5.30 Å². The number of fused-ring (bicyclic) bond motifs is 1. The fraction of sp³-hybridized carbons (Fsp3) is 0.188. The van der Waals surface area contributed by atoms with Gasteiger partial charge in [-0.15, -0.1) is 0 Å². The molecule has 0 bridgehead atoms. The van der Waals surface area contributed by atoms with Crippen LogP contribution in [0.2, 0.25) is 0 Å². The first-order valence-electron chi connectivity index (χ1n) is 6.88. The van der Waals surface area contributed by atoms with E-state index in [1.54, 1.807) is 30.3 Å². The molecule has 0 saturated carbocycles. The van der Waals surface area contributed by atoms with Crippen LogP contribution in [0.15, 0.2) is 46.9 Å². The molecule has 4 nitrogen and oxygen atoms in total. The van der Waals surface area contributed by atoms with Crippen molar-refractivity contribution in [2.24, 2.45) is 0 Å². The summed E-state index contributed by atoms with van der Waals surface area (Å²) in [5.74, 6) is 0.0385. The van der Waals surface area contributed by atoms with Gasteiger partial charge in [-0.2, -0.15) is 0 Å². The van der Waals surface area contributed by atoms with Crippen LogP contribution in [0.4, 0.5) is 4.39 Å². The minimum absolute atomic E-state index is 0.324. The Labute approximate surface area is 127 Å². The molecule has 1 atom stereocenters. The van der Waals surface area contributed by atoms with Crippen LogP contribution < -0.4 is 5.30 Å². The Bertz CT molecular complexity index is 849. The van der Waals surface area contributed by atoms with E-state index in [4.69, 9.17) is 8.94 Å². The van der Waals surface area contributed by atoms with Crippen molar-refractivity contribution in [3.63, 3.8) is 0 Å². The number of aromatic nitrogens is 1. The standard InChI is InChI=1S/C16H15FNO3P/c1-3-22(19,20-2)14-6-4-5-13-15(14)18-16(21-13)11-7-9-12(17)10-8-11/h4-10H,3H2,1-2H3. The van der Waals surface area contributed by atoms with Crippen LogP contribution >= 0.6 is 7.37 Å². The molecule has 0 aliphatic heterocycles. The van der Waals surface area contributed by atoms with E-state index in [2.05, 4.69) is 4.98 Å². The number of oxazole rings is 1. The molecular weight excluding hydrogens is 304 g/mol. The molecule has 22 heavy (non-hydrogen) atoms. The van der Waals surface area contributed by atoms with E-state index in [1.165, 1.54) is 19.2 Å². The van der Waals surface area contributed by atoms with Gasteiger partial charge < -0.3 is 8.94 Å². The second-order valence-electron chi connectivity index (χ2n) is 4.82. The maximum absolute atomic E-state index is 13.0. The van der Waals surface area contributed by atoms with Crippen LogP contribution in [-0.4, -0.2) is 18.3 Å². The third-order valence-corrected chi connectivity index (χ3v) is 6.08. The maximum Gasteiger partial charge on any atom is 0.233 e. The molecule has 0 N–H and O–H groups in total. The van der Waals surface area contributed by atoms with Crippen molar-refractivity contribution in [2.45, 2.75) is 6.92 Å². The molecule has 1 aromatic heterocycles. The van der Waals surface area contributed by atoms with Crippen LogP contribution in [0.25, 0.3) is 22.6 Å². The van der Waals surface area contributed by atoms with Crippen LogP contribution in [0.3, 0.4) is 0 Å². The average Bonchev–Trinajstić information content (AvgIpc) is 2.98. The minimum Gasteiger partial charge on any atom is -0.436 e. The molecule has 0 saturated heterocycles. The smallest absolute Gasteiger partial charge is 0.233 e. The molecule has 1 heterocycles. The predicted octanol–water partition coefficient (Wildman–Crippen LogP) is 4.20. The summed E-state index contributed by atoms with van der Waals surface area (Å²) in [6, 6.07) is 11.1. The number of para-hydroxylation sites is 1. The lowest BCUT2D eigenvalue weighted by Gasteiger charge is -2.13. The van der Waals surface area contributed by atoms with Gasteiger partial charge >= 0.3 is 0 Å². The Morgan fingerprint density at radius 3 is 2.59 bits per heavy atom. The van der Waals surface area contributed by atoms with Crippen molar-refractivity contribution in [3.8, 4) is 11.5 Å². The van der Waals surface area contributed by atoms with Crippen molar-refractivity contribution in [1.29, 1.82) is 0 Å². The van der Waals surface area contributed by atoms with Gasteiger partial charge in [0.25, 0.3) is 0 Å². The summed E-state index contributed by atoms with van der Waals surface area (Å²) in [5, 5.41) is 0.548. The van der Waals surface area contributed by atoms with Gasteiger partial charge in [-0.25, -0.2) is 9.37 Å². The lowest BCUT2D eigenvalue weighted by molar-refractivity contribution is 0.404.